The molecular weight excluding hydrogens is 415 g/mol. The van der Waals surface area contributed by atoms with Crippen LogP contribution in [0.2, 0.25) is 0 Å². The Morgan fingerprint density at radius 2 is 1.92 bits per heavy atom. The van der Waals surface area contributed by atoms with Gasteiger partial charge in [0.1, 0.15) is 0 Å². The van der Waals surface area contributed by atoms with Gasteiger partial charge >= 0.3 is 0 Å². The highest BCUT2D eigenvalue weighted by Crippen LogP contribution is 2.21. The maximum Gasteiger partial charge on any atom is 0.191 e. The third kappa shape index (κ3) is 12.3. The van der Waals surface area contributed by atoms with Crippen LogP contribution in [0.5, 0.6) is 0 Å². The molecule has 0 saturated carbocycles. The number of guanidine groups is 1. The van der Waals surface area contributed by atoms with Crippen LogP contribution >= 0.6 is 24.0 Å². The molecule has 1 atom stereocenters. The second-order valence-corrected chi connectivity index (χ2v) is 7.71. The molecule has 0 radical (unpaired) electrons. The fraction of sp³-hybridized carbons (Fsp3) is 0.944. The van der Waals surface area contributed by atoms with Crippen LogP contribution in [0.1, 0.15) is 53.9 Å². The molecule has 0 aromatic carbocycles. The van der Waals surface area contributed by atoms with Crippen LogP contribution in [0.15, 0.2) is 4.99 Å². The van der Waals surface area contributed by atoms with Crippen LogP contribution in [0.4, 0.5) is 0 Å². The standard InChI is InChI=1S/C18H38N4O.HI/c1-6-19-17(21-16(2)8-9-18(3,4)5)20-10-7-11-22-12-14-23-15-13-22;/h16H,6-15H2,1-5H3,(H2,19,20,21);1H. The summed E-state index contributed by atoms with van der Waals surface area (Å²) in [5.74, 6) is 0.955. The maximum atomic E-state index is 5.38. The second-order valence-electron chi connectivity index (χ2n) is 7.71. The van der Waals surface area contributed by atoms with Crippen LogP contribution in [0.25, 0.3) is 0 Å². The van der Waals surface area contributed by atoms with Gasteiger partial charge in [-0.15, -0.1) is 24.0 Å². The summed E-state index contributed by atoms with van der Waals surface area (Å²) in [6, 6.07) is 0.450. The molecule has 1 heterocycles. The summed E-state index contributed by atoms with van der Waals surface area (Å²) in [7, 11) is 0. The van der Waals surface area contributed by atoms with E-state index in [1.54, 1.807) is 0 Å². The molecule has 144 valence electrons. The molecule has 1 unspecified atom stereocenters. The van der Waals surface area contributed by atoms with Crippen molar-refractivity contribution in [3.8, 4) is 0 Å². The summed E-state index contributed by atoms with van der Waals surface area (Å²) in [5, 5.41) is 6.89. The highest BCUT2D eigenvalue weighted by atomic mass is 127. The third-order valence-corrected chi connectivity index (χ3v) is 4.06. The first-order valence-electron chi connectivity index (χ1n) is 9.25. The van der Waals surface area contributed by atoms with Crippen LogP contribution < -0.4 is 10.6 Å². The Labute approximate surface area is 166 Å². The first-order chi connectivity index (χ1) is 10.9. The Morgan fingerprint density at radius 1 is 1.25 bits per heavy atom. The largest absolute Gasteiger partial charge is 0.379 e. The molecule has 1 aliphatic rings. The van der Waals surface area contributed by atoms with E-state index < -0.39 is 0 Å². The van der Waals surface area contributed by atoms with Crippen molar-refractivity contribution in [1.29, 1.82) is 0 Å². The van der Waals surface area contributed by atoms with E-state index in [9.17, 15) is 0 Å². The molecule has 0 bridgehead atoms. The van der Waals surface area contributed by atoms with Gasteiger partial charge in [0.25, 0.3) is 0 Å². The molecule has 24 heavy (non-hydrogen) atoms. The van der Waals surface area contributed by atoms with Gasteiger partial charge in [0, 0.05) is 38.8 Å². The summed E-state index contributed by atoms with van der Waals surface area (Å²) in [5.41, 5.74) is 0.392. The van der Waals surface area contributed by atoms with Gasteiger partial charge < -0.3 is 15.4 Å². The first-order valence-corrected chi connectivity index (χ1v) is 9.25. The summed E-state index contributed by atoms with van der Waals surface area (Å²) < 4.78 is 5.38. The summed E-state index contributed by atoms with van der Waals surface area (Å²) in [6.45, 7) is 18.0. The molecule has 1 fully saturated rings. The average Bonchev–Trinajstić information content (AvgIpc) is 2.50. The normalized spacial score (nSPS) is 18.0. The minimum Gasteiger partial charge on any atom is -0.379 e. The van der Waals surface area contributed by atoms with Crippen molar-refractivity contribution in [2.24, 2.45) is 10.4 Å². The molecule has 2 N–H and O–H groups in total. The summed E-state index contributed by atoms with van der Waals surface area (Å²) >= 11 is 0. The molecule has 0 aromatic heterocycles. The number of aliphatic imine (C=N–C) groups is 1. The highest BCUT2D eigenvalue weighted by Gasteiger charge is 2.13. The van der Waals surface area contributed by atoms with Gasteiger partial charge in [0.2, 0.25) is 0 Å². The lowest BCUT2D eigenvalue weighted by atomic mass is 9.89. The molecule has 5 nitrogen and oxygen atoms in total. The smallest absolute Gasteiger partial charge is 0.191 e. The highest BCUT2D eigenvalue weighted by molar-refractivity contribution is 14.0. The minimum atomic E-state index is 0. The van der Waals surface area contributed by atoms with Gasteiger partial charge in [0.15, 0.2) is 5.96 Å². The molecule has 6 heteroatoms. The average molecular weight is 454 g/mol. The number of nitrogens with zero attached hydrogens (tertiary/aromatic N) is 2. The van der Waals surface area contributed by atoms with E-state index in [-0.39, 0.29) is 24.0 Å². The summed E-state index contributed by atoms with van der Waals surface area (Å²) in [6.07, 6.45) is 3.49. The zero-order valence-corrected chi connectivity index (χ0v) is 18.7. The molecule has 1 saturated heterocycles. The number of hydrogen-bond donors (Lipinski definition) is 2. The number of rotatable bonds is 8. The van der Waals surface area contributed by atoms with Gasteiger partial charge in [-0.2, -0.15) is 0 Å². The Morgan fingerprint density at radius 3 is 2.50 bits per heavy atom. The minimum absolute atomic E-state index is 0. The zero-order valence-electron chi connectivity index (χ0n) is 16.4. The lowest BCUT2D eigenvalue weighted by molar-refractivity contribution is 0.0377. The topological polar surface area (TPSA) is 48.9 Å². The maximum absolute atomic E-state index is 5.38. The number of morpholine rings is 1. The van der Waals surface area contributed by atoms with Gasteiger partial charge in [-0.1, -0.05) is 20.8 Å². The Kier molecular flexibility index (Phi) is 13.1. The Hall–Kier alpha value is -0.0800. The predicted molar refractivity (Wildman–Crippen MR) is 115 cm³/mol. The van der Waals surface area contributed by atoms with E-state index in [0.29, 0.717) is 11.5 Å². The van der Waals surface area contributed by atoms with Gasteiger partial charge in [-0.05, 0) is 38.5 Å². The lowest BCUT2D eigenvalue weighted by Crippen LogP contribution is -2.42. The van der Waals surface area contributed by atoms with Crippen LogP contribution in [-0.2, 0) is 4.74 Å². The second kappa shape index (κ2) is 13.2. The van der Waals surface area contributed by atoms with Crippen molar-refractivity contribution in [1.82, 2.24) is 15.5 Å². The van der Waals surface area contributed by atoms with Crippen LogP contribution in [0.3, 0.4) is 0 Å². The van der Waals surface area contributed by atoms with E-state index >= 15 is 0 Å². The van der Waals surface area contributed by atoms with Crippen LogP contribution in [-0.4, -0.2) is 62.8 Å². The van der Waals surface area contributed by atoms with Crippen LogP contribution in [0, 0.1) is 5.41 Å². The summed E-state index contributed by atoms with van der Waals surface area (Å²) in [4.78, 5) is 7.18. The Balaban J connectivity index is 0.00000529. The Bertz CT molecular complexity index is 338. The lowest BCUT2D eigenvalue weighted by Gasteiger charge is -2.26. The number of hydrogen-bond acceptors (Lipinski definition) is 3. The molecule has 0 aliphatic carbocycles. The van der Waals surface area contributed by atoms with E-state index in [4.69, 9.17) is 9.73 Å². The van der Waals surface area contributed by atoms with Gasteiger partial charge in [0.05, 0.1) is 13.2 Å². The van der Waals surface area contributed by atoms with Crippen molar-refractivity contribution in [3.05, 3.63) is 0 Å². The first kappa shape index (κ1) is 23.9. The molecule has 0 spiro atoms. The number of nitrogens with one attached hydrogen (secondary N) is 2. The fourth-order valence-corrected chi connectivity index (χ4v) is 2.59. The van der Waals surface area contributed by atoms with Crippen molar-refractivity contribution < 1.29 is 4.74 Å². The third-order valence-electron chi connectivity index (χ3n) is 4.06. The van der Waals surface area contributed by atoms with Gasteiger partial charge in [-0.25, -0.2) is 0 Å². The number of halogens is 1. The molecule has 0 amide bonds. The van der Waals surface area contributed by atoms with E-state index in [2.05, 4.69) is 50.2 Å². The molecule has 1 aliphatic heterocycles. The number of ether oxygens (including phenoxy) is 1. The SMILES string of the molecule is CCNC(=NCCCN1CCOCC1)NC(C)CCC(C)(C)C.I. The van der Waals surface area contributed by atoms with E-state index in [1.807, 2.05) is 0 Å². The quantitative estimate of drug-likeness (QED) is 0.256. The predicted octanol–water partition coefficient (Wildman–Crippen LogP) is 3.10. The van der Waals surface area contributed by atoms with Crippen molar-refractivity contribution in [2.75, 3.05) is 45.9 Å². The molecular formula is C18H39IN4O. The zero-order chi connectivity index (χ0) is 17.1. The van der Waals surface area contributed by atoms with Crippen molar-refractivity contribution in [2.45, 2.75) is 59.9 Å². The van der Waals surface area contributed by atoms with E-state index in [0.717, 1.165) is 58.3 Å². The van der Waals surface area contributed by atoms with Crippen molar-refractivity contribution in [3.63, 3.8) is 0 Å². The molecule has 0 aromatic rings. The molecule has 1 rings (SSSR count). The monoisotopic (exact) mass is 454 g/mol. The fourth-order valence-electron chi connectivity index (χ4n) is 2.59. The van der Waals surface area contributed by atoms with Gasteiger partial charge in [-0.3, -0.25) is 9.89 Å². The van der Waals surface area contributed by atoms with E-state index in [1.165, 1.54) is 12.8 Å². The van der Waals surface area contributed by atoms with Crippen molar-refractivity contribution >= 4 is 29.9 Å².